The minimum Gasteiger partial charge on any atom is -0.398 e. The summed E-state index contributed by atoms with van der Waals surface area (Å²) in [6.07, 6.45) is 2.84. The van der Waals surface area contributed by atoms with Crippen LogP contribution in [0.15, 0.2) is 34.8 Å². The summed E-state index contributed by atoms with van der Waals surface area (Å²) < 4.78 is 1.03. The minimum absolute atomic E-state index is 0.552. The molecule has 4 heteroatoms. The summed E-state index contributed by atoms with van der Waals surface area (Å²) in [4.78, 5) is 13.5. The van der Waals surface area contributed by atoms with E-state index in [0.717, 1.165) is 51.8 Å². The molecule has 3 nitrogen and oxygen atoms in total. The number of aryl methyl sites for hydroxylation is 1. The van der Waals surface area contributed by atoms with Crippen molar-refractivity contribution in [3.8, 4) is 0 Å². The number of rotatable bonds is 6. The Bertz CT molecular complexity index is 696. The number of halogens is 1. The van der Waals surface area contributed by atoms with Crippen LogP contribution in [0, 0.1) is 13.8 Å². The molecule has 2 aromatic rings. The molecule has 23 heavy (non-hydrogen) atoms. The van der Waals surface area contributed by atoms with Crippen molar-refractivity contribution in [3.63, 3.8) is 0 Å². The number of carbonyl (C=O) groups excluding carboxylic acids is 1. The molecule has 122 valence electrons. The molecule has 0 aliphatic heterocycles. The molecule has 0 spiro atoms. The van der Waals surface area contributed by atoms with E-state index in [1.54, 1.807) is 4.90 Å². The van der Waals surface area contributed by atoms with E-state index in [1.807, 2.05) is 44.2 Å². The van der Waals surface area contributed by atoms with Gasteiger partial charge < -0.3 is 10.6 Å². The van der Waals surface area contributed by atoms with Gasteiger partial charge in [0.1, 0.15) is 0 Å². The molecule has 0 heterocycles. The van der Waals surface area contributed by atoms with Crippen LogP contribution in [0.3, 0.4) is 0 Å². The van der Waals surface area contributed by atoms with Crippen LogP contribution in [0.5, 0.6) is 0 Å². The van der Waals surface area contributed by atoms with Crippen molar-refractivity contribution in [1.29, 1.82) is 0 Å². The van der Waals surface area contributed by atoms with Crippen molar-refractivity contribution < 1.29 is 4.79 Å². The molecule has 1 amide bonds. The Balaban J connectivity index is 2.44. The second-order valence-corrected chi connectivity index (χ2v) is 6.76. The number of nitrogens with two attached hydrogens (primary N) is 1. The Labute approximate surface area is 146 Å². The standard InChI is InChI=1S/C19H23BrN2O/c1-4-5-17-14(3)19(21)13(2)10-18(17)22(12-23)11-15-6-8-16(20)9-7-15/h6-10,12H,4-5,11,21H2,1-3H3. The van der Waals surface area contributed by atoms with E-state index >= 15 is 0 Å². The molecule has 0 saturated heterocycles. The molecule has 0 fully saturated rings. The molecule has 0 unspecified atom stereocenters. The first-order valence-corrected chi connectivity index (χ1v) is 8.62. The van der Waals surface area contributed by atoms with Crippen LogP contribution in [0.4, 0.5) is 11.4 Å². The zero-order valence-corrected chi connectivity index (χ0v) is 15.5. The molecule has 2 N–H and O–H groups in total. The molecule has 0 aliphatic rings. The van der Waals surface area contributed by atoms with Gasteiger partial charge in [-0.2, -0.15) is 0 Å². The molecule has 0 aromatic heterocycles. The van der Waals surface area contributed by atoms with Crippen molar-refractivity contribution in [1.82, 2.24) is 0 Å². The number of amides is 1. The highest BCUT2D eigenvalue weighted by Gasteiger charge is 2.16. The summed E-state index contributed by atoms with van der Waals surface area (Å²) in [5.41, 5.74) is 12.3. The molecular formula is C19H23BrN2O. The van der Waals surface area contributed by atoms with Crippen molar-refractivity contribution >= 4 is 33.7 Å². The number of hydrogen-bond donors (Lipinski definition) is 1. The number of anilines is 2. The van der Waals surface area contributed by atoms with E-state index in [4.69, 9.17) is 5.73 Å². The van der Waals surface area contributed by atoms with Gasteiger partial charge in [0.05, 0.1) is 6.54 Å². The Kier molecular flexibility index (Phi) is 5.83. The number of nitrogen functional groups attached to an aromatic ring is 1. The quantitative estimate of drug-likeness (QED) is 0.584. The Morgan fingerprint density at radius 3 is 2.43 bits per heavy atom. The summed E-state index contributed by atoms with van der Waals surface area (Å²) in [6.45, 7) is 6.72. The lowest BCUT2D eigenvalue weighted by molar-refractivity contribution is -0.107. The fourth-order valence-corrected chi connectivity index (χ4v) is 3.07. The molecule has 2 rings (SSSR count). The van der Waals surface area contributed by atoms with E-state index < -0.39 is 0 Å². The van der Waals surface area contributed by atoms with Crippen molar-refractivity contribution in [2.24, 2.45) is 0 Å². The normalized spacial score (nSPS) is 10.6. The van der Waals surface area contributed by atoms with E-state index in [-0.39, 0.29) is 0 Å². The summed E-state index contributed by atoms with van der Waals surface area (Å²) in [6, 6.07) is 10.1. The predicted octanol–water partition coefficient (Wildman–Crippen LogP) is 4.76. The topological polar surface area (TPSA) is 46.3 Å². The van der Waals surface area contributed by atoms with Gasteiger partial charge in [-0.1, -0.05) is 41.4 Å². The van der Waals surface area contributed by atoms with E-state index in [2.05, 4.69) is 22.9 Å². The first kappa shape index (κ1) is 17.5. The molecule has 0 bridgehead atoms. The maximum atomic E-state index is 11.7. The zero-order chi connectivity index (χ0) is 17.0. The zero-order valence-electron chi connectivity index (χ0n) is 13.9. The van der Waals surface area contributed by atoms with Crippen molar-refractivity contribution in [3.05, 3.63) is 57.1 Å². The third-order valence-corrected chi connectivity index (χ3v) is 4.68. The van der Waals surface area contributed by atoms with E-state index in [9.17, 15) is 4.79 Å². The van der Waals surface area contributed by atoms with Gasteiger partial charge in [-0.05, 0) is 60.7 Å². The lowest BCUT2D eigenvalue weighted by Crippen LogP contribution is -2.22. The van der Waals surface area contributed by atoms with Crippen molar-refractivity contribution in [2.75, 3.05) is 10.6 Å². The van der Waals surface area contributed by atoms with Gasteiger partial charge in [-0.25, -0.2) is 0 Å². The Hall–Kier alpha value is -1.81. The molecule has 0 radical (unpaired) electrons. The van der Waals surface area contributed by atoms with Crippen LogP contribution in [0.2, 0.25) is 0 Å². The number of nitrogens with zero attached hydrogens (tertiary/aromatic N) is 1. The van der Waals surface area contributed by atoms with E-state index in [1.165, 1.54) is 5.56 Å². The first-order chi connectivity index (χ1) is 11.0. The number of carbonyl (C=O) groups is 1. The summed E-state index contributed by atoms with van der Waals surface area (Å²) >= 11 is 3.44. The summed E-state index contributed by atoms with van der Waals surface area (Å²) in [5, 5.41) is 0. The average molecular weight is 375 g/mol. The van der Waals surface area contributed by atoms with Crippen LogP contribution >= 0.6 is 15.9 Å². The van der Waals surface area contributed by atoms with Crippen LogP contribution in [-0.2, 0) is 17.8 Å². The highest BCUT2D eigenvalue weighted by atomic mass is 79.9. The molecule has 0 atom stereocenters. The van der Waals surface area contributed by atoms with Crippen molar-refractivity contribution in [2.45, 2.75) is 40.2 Å². The molecular weight excluding hydrogens is 352 g/mol. The fourth-order valence-electron chi connectivity index (χ4n) is 2.81. The number of benzene rings is 2. The maximum absolute atomic E-state index is 11.7. The monoisotopic (exact) mass is 374 g/mol. The van der Waals surface area contributed by atoms with Gasteiger partial charge in [-0.3, -0.25) is 4.79 Å². The minimum atomic E-state index is 0.552. The third kappa shape index (κ3) is 3.94. The number of hydrogen-bond acceptors (Lipinski definition) is 2. The predicted molar refractivity (Wildman–Crippen MR) is 101 cm³/mol. The largest absolute Gasteiger partial charge is 0.398 e. The highest BCUT2D eigenvalue weighted by molar-refractivity contribution is 9.10. The summed E-state index contributed by atoms with van der Waals surface area (Å²) in [5.74, 6) is 0. The van der Waals surface area contributed by atoms with Gasteiger partial charge in [0, 0.05) is 15.8 Å². The van der Waals surface area contributed by atoms with Crippen LogP contribution in [0.1, 0.15) is 35.6 Å². The fraction of sp³-hybridized carbons (Fsp3) is 0.316. The molecule has 2 aromatic carbocycles. The third-order valence-electron chi connectivity index (χ3n) is 4.15. The van der Waals surface area contributed by atoms with Crippen LogP contribution in [-0.4, -0.2) is 6.41 Å². The van der Waals surface area contributed by atoms with Gasteiger partial charge in [0.25, 0.3) is 0 Å². The van der Waals surface area contributed by atoms with Crippen LogP contribution < -0.4 is 10.6 Å². The second kappa shape index (κ2) is 7.64. The van der Waals surface area contributed by atoms with Gasteiger partial charge >= 0.3 is 0 Å². The Morgan fingerprint density at radius 1 is 1.22 bits per heavy atom. The first-order valence-electron chi connectivity index (χ1n) is 7.82. The van der Waals surface area contributed by atoms with Gasteiger partial charge in [0.2, 0.25) is 6.41 Å². The second-order valence-electron chi connectivity index (χ2n) is 5.84. The Morgan fingerprint density at radius 2 is 1.87 bits per heavy atom. The lowest BCUT2D eigenvalue weighted by atomic mass is 9.96. The lowest BCUT2D eigenvalue weighted by Gasteiger charge is -2.24. The summed E-state index contributed by atoms with van der Waals surface area (Å²) in [7, 11) is 0. The molecule has 0 saturated carbocycles. The van der Waals surface area contributed by atoms with Gasteiger partial charge in [0.15, 0.2) is 0 Å². The van der Waals surface area contributed by atoms with Gasteiger partial charge in [-0.15, -0.1) is 0 Å². The SMILES string of the molecule is CCCc1c(N(C=O)Cc2ccc(Br)cc2)cc(C)c(N)c1C. The smallest absolute Gasteiger partial charge is 0.214 e. The van der Waals surface area contributed by atoms with Crippen LogP contribution in [0.25, 0.3) is 0 Å². The maximum Gasteiger partial charge on any atom is 0.214 e. The average Bonchev–Trinajstić information content (AvgIpc) is 2.55. The molecule has 0 aliphatic carbocycles. The van der Waals surface area contributed by atoms with E-state index in [0.29, 0.717) is 6.54 Å². The highest BCUT2D eigenvalue weighted by Crippen LogP contribution is 2.32.